The van der Waals surface area contributed by atoms with Crippen LogP contribution in [-0.4, -0.2) is 134 Å². The third kappa shape index (κ3) is 6.29. The molecule has 53 heavy (non-hydrogen) atoms. The molecular formula is C35H49ClN10O7. The maximum absolute atomic E-state index is 14.9. The lowest BCUT2D eigenvalue weighted by Crippen LogP contribution is -2.69. The van der Waals surface area contributed by atoms with Gasteiger partial charge in [0.2, 0.25) is 17.7 Å². The highest BCUT2D eigenvalue weighted by atomic mass is 35.5. The highest BCUT2D eigenvalue weighted by molar-refractivity contribution is 6.31. The minimum absolute atomic E-state index is 0.206. The Balaban J connectivity index is 1.32. The van der Waals surface area contributed by atoms with Crippen LogP contribution in [0.5, 0.6) is 0 Å². The van der Waals surface area contributed by atoms with E-state index in [1.54, 1.807) is 39.0 Å². The predicted octanol–water partition coefficient (Wildman–Crippen LogP) is -0.632. The van der Waals surface area contributed by atoms with Gasteiger partial charge in [0.15, 0.2) is 0 Å². The lowest BCUT2D eigenvalue weighted by atomic mass is 9.91. The average molecular weight is 757 g/mol. The number of hydrogen-bond donors (Lipinski definition) is 6. The summed E-state index contributed by atoms with van der Waals surface area (Å²) >= 11 is 6.29. The number of fused-ring (bicyclic) bond motifs is 8. The molecule has 288 valence electrons. The van der Waals surface area contributed by atoms with Crippen molar-refractivity contribution >= 4 is 52.7 Å². The van der Waals surface area contributed by atoms with Crippen LogP contribution in [0.1, 0.15) is 71.3 Å². The molecule has 0 radical (unpaired) electrons. The number of nitrogens with zero attached hydrogens (tertiary/aromatic N) is 5. The number of likely N-dealkylation sites (N-methyl/N-ethyl adjacent to an activating group) is 1. The van der Waals surface area contributed by atoms with Crippen molar-refractivity contribution in [1.82, 2.24) is 46.4 Å². The van der Waals surface area contributed by atoms with Crippen LogP contribution >= 0.6 is 11.6 Å². The summed E-state index contributed by atoms with van der Waals surface area (Å²) in [6.45, 7) is 6.34. The van der Waals surface area contributed by atoms with Gasteiger partial charge in [-0.3, -0.25) is 43.8 Å². The van der Waals surface area contributed by atoms with E-state index in [9.17, 15) is 33.9 Å². The van der Waals surface area contributed by atoms with E-state index in [0.29, 0.717) is 68.0 Å². The third-order valence-corrected chi connectivity index (χ3v) is 11.9. The van der Waals surface area contributed by atoms with Gasteiger partial charge in [0, 0.05) is 49.4 Å². The fraction of sp³-hybridized carbons (Fsp3) is 0.657. The first kappa shape index (κ1) is 37.3. The Morgan fingerprint density at radius 1 is 0.755 bits per heavy atom. The molecule has 17 nitrogen and oxygen atoms in total. The second-order valence-corrected chi connectivity index (χ2v) is 15.7. The molecule has 6 heterocycles. The Kier molecular flexibility index (Phi) is 10.1. The van der Waals surface area contributed by atoms with Crippen molar-refractivity contribution in [1.29, 1.82) is 0 Å². The summed E-state index contributed by atoms with van der Waals surface area (Å²) < 4.78 is 0. The van der Waals surface area contributed by atoms with E-state index in [1.807, 2.05) is 0 Å². The second kappa shape index (κ2) is 14.3. The first-order valence-corrected chi connectivity index (χ1v) is 19.0. The van der Waals surface area contributed by atoms with Gasteiger partial charge in [-0.25, -0.2) is 16.3 Å². The van der Waals surface area contributed by atoms with Gasteiger partial charge in [0.25, 0.3) is 17.7 Å². The Hall–Kier alpha value is -4.03. The zero-order valence-corrected chi connectivity index (χ0v) is 31.2. The van der Waals surface area contributed by atoms with Crippen molar-refractivity contribution in [3.05, 3.63) is 28.8 Å². The Bertz CT molecular complexity index is 1700. The summed E-state index contributed by atoms with van der Waals surface area (Å²) in [5, 5.41) is 22.6. The van der Waals surface area contributed by atoms with Crippen molar-refractivity contribution in [2.45, 2.75) is 114 Å². The first-order chi connectivity index (χ1) is 25.2. The summed E-state index contributed by atoms with van der Waals surface area (Å²) in [5.41, 5.74) is 8.45. The number of amides is 6. The molecule has 1 aromatic rings. The zero-order chi connectivity index (χ0) is 37.9. The highest BCUT2D eigenvalue weighted by Crippen LogP contribution is 2.50. The maximum atomic E-state index is 14.9. The number of rotatable bonds is 1. The number of aliphatic hydroxyl groups is 1. The summed E-state index contributed by atoms with van der Waals surface area (Å²) in [7, 11) is 1.50. The largest absolute Gasteiger partial charge is 0.381 e. The summed E-state index contributed by atoms with van der Waals surface area (Å²) in [4.78, 5) is 89.3. The van der Waals surface area contributed by atoms with Crippen LogP contribution in [0.25, 0.3) is 0 Å². The van der Waals surface area contributed by atoms with E-state index in [1.165, 1.54) is 31.9 Å². The zero-order valence-electron chi connectivity index (χ0n) is 30.4. The molecule has 8 atom stereocenters. The van der Waals surface area contributed by atoms with Gasteiger partial charge in [0.1, 0.15) is 48.0 Å². The number of hydrogen-bond acceptors (Lipinski definition) is 11. The van der Waals surface area contributed by atoms with Crippen LogP contribution in [0, 0.1) is 5.92 Å². The summed E-state index contributed by atoms with van der Waals surface area (Å²) in [5.74, 6) is -3.71. The number of nitrogens with one attached hydrogen (secondary N) is 5. The van der Waals surface area contributed by atoms with E-state index >= 15 is 0 Å². The Labute approximate surface area is 313 Å². The normalized spacial score (nSPS) is 34.4. The molecule has 6 N–H and O–H groups in total. The number of carbonyl (C=O) groups excluding carboxylic acids is 6. The molecule has 0 aromatic heterocycles. The maximum Gasteiger partial charge on any atom is 0.261 e. The first-order valence-electron chi connectivity index (χ1n) is 18.6. The smallest absolute Gasteiger partial charge is 0.261 e. The molecule has 0 saturated carbocycles. The van der Waals surface area contributed by atoms with Gasteiger partial charge in [0.05, 0.1) is 0 Å². The van der Waals surface area contributed by atoms with E-state index in [2.05, 4.69) is 26.9 Å². The number of halogens is 1. The van der Waals surface area contributed by atoms with Gasteiger partial charge in [-0.2, -0.15) is 0 Å². The standard InChI is InChI=1S/C35H49ClN10O7/c1-18(2)27-33(52)46-25(10-7-15-39-46)32(51)45-23(8-5-14-38-45)30(49)42(4)19(3)29(48)44-24(9-6-13-37-44)31(50)43-26(28(47)41-27)17-35(53)21-12-11-20(36)16-22(21)40-34(35)43/h11-12,16,18-19,23-27,34,37-40,53H,5-10,13-15,17H2,1-4H3,(H,41,47)/t19-,23+,24+,25-,26-,27+,34-,35+/m0/s1. The summed E-state index contributed by atoms with van der Waals surface area (Å²) in [6.07, 6.45) is 1.31. The molecule has 6 aliphatic heterocycles. The quantitative estimate of drug-likeness (QED) is 0.213. The molecule has 0 bridgehead atoms. The average Bonchev–Trinajstić information content (AvgIpc) is 3.61. The Morgan fingerprint density at radius 2 is 1.30 bits per heavy atom. The molecule has 18 heteroatoms. The van der Waals surface area contributed by atoms with Gasteiger partial charge >= 0.3 is 0 Å². The molecule has 6 amide bonds. The molecule has 0 unspecified atom stereocenters. The fourth-order valence-electron chi connectivity index (χ4n) is 8.66. The Morgan fingerprint density at radius 3 is 1.91 bits per heavy atom. The van der Waals surface area contributed by atoms with Crippen LogP contribution < -0.4 is 26.9 Å². The van der Waals surface area contributed by atoms with E-state index in [4.69, 9.17) is 11.6 Å². The molecule has 5 fully saturated rings. The van der Waals surface area contributed by atoms with Gasteiger partial charge in [-0.05, 0) is 63.5 Å². The predicted molar refractivity (Wildman–Crippen MR) is 191 cm³/mol. The van der Waals surface area contributed by atoms with Crippen LogP contribution in [0.15, 0.2) is 18.2 Å². The van der Waals surface area contributed by atoms with Gasteiger partial charge < -0.3 is 25.5 Å². The molecule has 5 saturated heterocycles. The lowest BCUT2D eigenvalue weighted by Gasteiger charge is -2.45. The van der Waals surface area contributed by atoms with Crippen molar-refractivity contribution in [2.75, 3.05) is 32.0 Å². The third-order valence-electron chi connectivity index (χ3n) is 11.7. The highest BCUT2D eigenvalue weighted by Gasteiger charge is 2.62. The van der Waals surface area contributed by atoms with Crippen LogP contribution in [0.2, 0.25) is 5.02 Å². The molecular weight excluding hydrogens is 708 g/mol. The molecule has 7 rings (SSSR count). The van der Waals surface area contributed by atoms with Crippen molar-refractivity contribution in [2.24, 2.45) is 5.92 Å². The number of anilines is 1. The second-order valence-electron chi connectivity index (χ2n) is 15.3. The SMILES string of the molecule is CC(C)[C@H]1NC(=O)[C@@H]2C[C@@]3(O)c4ccc(Cl)cc4N[C@H]3N2C(=O)[C@H]2CCCNN2C(=O)[C@H](C)N(C)C(=O)[C@H]2CCCNN2C(=O)[C@@H]2CCCNN2C1=O. The lowest BCUT2D eigenvalue weighted by molar-refractivity contribution is -0.165. The number of benzene rings is 1. The molecule has 0 aliphatic carbocycles. The topological polar surface area (TPSA) is 199 Å². The fourth-order valence-corrected chi connectivity index (χ4v) is 8.83. The molecule has 1 aromatic carbocycles. The van der Waals surface area contributed by atoms with E-state index < -0.39 is 89.4 Å². The molecule has 6 aliphatic rings. The molecule has 0 spiro atoms. The van der Waals surface area contributed by atoms with Crippen molar-refractivity contribution in [3.63, 3.8) is 0 Å². The van der Waals surface area contributed by atoms with Crippen LogP contribution in [-0.2, 0) is 34.4 Å². The van der Waals surface area contributed by atoms with Crippen LogP contribution in [0.4, 0.5) is 5.69 Å². The van der Waals surface area contributed by atoms with E-state index in [-0.39, 0.29) is 12.8 Å². The van der Waals surface area contributed by atoms with Gasteiger partial charge in [-0.15, -0.1) is 0 Å². The van der Waals surface area contributed by atoms with Crippen LogP contribution in [0.3, 0.4) is 0 Å². The van der Waals surface area contributed by atoms with Crippen molar-refractivity contribution in [3.8, 4) is 0 Å². The monoisotopic (exact) mass is 756 g/mol. The van der Waals surface area contributed by atoms with E-state index in [0.717, 1.165) is 0 Å². The van der Waals surface area contributed by atoms with Gasteiger partial charge in [-0.1, -0.05) is 31.5 Å². The summed E-state index contributed by atoms with van der Waals surface area (Å²) in [6, 6.07) is -1.55. The number of carbonyl (C=O) groups is 6. The van der Waals surface area contributed by atoms with Crippen molar-refractivity contribution < 1.29 is 33.9 Å². The minimum atomic E-state index is -1.71. The minimum Gasteiger partial charge on any atom is -0.381 e. The number of hydrazine groups is 3.